The molecule has 1 saturated heterocycles. The summed E-state index contributed by atoms with van der Waals surface area (Å²) in [6.45, 7) is 2.89. The van der Waals surface area contributed by atoms with Gasteiger partial charge in [-0.25, -0.2) is 9.67 Å². The quantitative estimate of drug-likeness (QED) is 0.253. The molecule has 10 nitrogen and oxygen atoms in total. The van der Waals surface area contributed by atoms with E-state index in [-0.39, 0.29) is 22.7 Å². The van der Waals surface area contributed by atoms with E-state index in [2.05, 4.69) is 15.7 Å². The lowest BCUT2D eigenvalue weighted by atomic mass is 9.99. The summed E-state index contributed by atoms with van der Waals surface area (Å²) in [6.07, 6.45) is 1.50. The zero-order valence-electron chi connectivity index (χ0n) is 23.8. The Morgan fingerprint density at radius 3 is 2.56 bits per heavy atom. The fourth-order valence-electron chi connectivity index (χ4n) is 5.07. The lowest BCUT2D eigenvalue weighted by molar-refractivity contribution is -0.0300. The van der Waals surface area contributed by atoms with Gasteiger partial charge >= 0.3 is 0 Å². The molecule has 2 aromatic heterocycles. The number of pyridine rings is 1. The van der Waals surface area contributed by atoms with Gasteiger partial charge in [0.05, 0.1) is 41.2 Å². The molecular formula is C31H31Cl2N5O5. The molecule has 224 valence electrons. The van der Waals surface area contributed by atoms with Gasteiger partial charge in [0.25, 0.3) is 11.5 Å². The van der Waals surface area contributed by atoms with Crippen molar-refractivity contribution in [3.8, 4) is 28.3 Å². The highest BCUT2D eigenvalue weighted by Gasteiger charge is 2.27. The van der Waals surface area contributed by atoms with Crippen LogP contribution in [0.1, 0.15) is 35.3 Å². The summed E-state index contributed by atoms with van der Waals surface area (Å²) in [5.74, 6) is -0.168. The van der Waals surface area contributed by atoms with E-state index < -0.39 is 17.6 Å². The molecule has 0 radical (unpaired) electrons. The van der Waals surface area contributed by atoms with Crippen LogP contribution in [0.4, 0.5) is 5.69 Å². The van der Waals surface area contributed by atoms with E-state index in [0.29, 0.717) is 58.6 Å². The first-order valence-electron chi connectivity index (χ1n) is 13.7. The average molecular weight is 625 g/mol. The molecule has 1 amide bonds. The molecule has 3 atom stereocenters. The Morgan fingerprint density at radius 1 is 1.09 bits per heavy atom. The monoisotopic (exact) mass is 623 g/mol. The van der Waals surface area contributed by atoms with Crippen LogP contribution in [-0.2, 0) is 11.8 Å². The normalized spacial score (nSPS) is 17.3. The maximum absolute atomic E-state index is 12.9. The Bertz CT molecular complexity index is 1710. The zero-order valence-corrected chi connectivity index (χ0v) is 25.3. The summed E-state index contributed by atoms with van der Waals surface area (Å²) in [5.41, 5.74) is 3.06. The Hall–Kier alpha value is -3.80. The van der Waals surface area contributed by atoms with E-state index in [4.69, 9.17) is 37.7 Å². The number of halogens is 2. The van der Waals surface area contributed by atoms with E-state index >= 15 is 0 Å². The van der Waals surface area contributed by atoms with Crippen molar-refractivity contribution in [3.05, 3.63) is 92.3 Å². The SMILES string of the molecule is COc1nc(-c2cccc(-c3cccc(NC(=O)c4ccnn(C)c4=O)c3Cl)c2Cl)ccc1[C@H](C)NC1CCOC[C@@H]1O. The molecule has 0 saturated carbocycles. The van der Waals surface area contributed by atoms with Crippen LogP contribution in [0.3, 0.4) is 0 Å². The number of amides is 1. The molecule has 0 bridgehead atoms. The third-order valence-electron chi connectivity index (χ3n) is 7.40. The number of benzene rings is 2. The molecule has 3 N–H and O–H groups in total. The molecule has 0 aliphatic carbocycles. The number of nitrogens with zero attached hydrogens (tertiary/aromatic N) is 3. The van der Waals surface area contributed by atoms with Crippen LogP contribution >= 0.6 is 23.2 Å². The van der Waals surface area contributed by atoms with E-state index in [1.165, 1.54) is 19.3 Å². The maximum Gasteiger partial charge on any atom is 0.279 e. The summed E-state index contributed by atoms with van der Waals surface area (Å²) >= 11 is 13.7. The van der Waals surface area contributed by atoms with Gasteiger partial charge in [0, 0.05) is 54.2 Å². The summed E-state index contributed by atoms with van der Waals surface area (Å²) in [6, 6.07) is 15.6. The summed E-state index contributed by atoms with van der Waals surface area (Å²) in [4.78, 5) is 30.0. The molecule has 43 heavy (non-hydrogen) atoms. The van der Waals surface area contributed by atoms with Crippen molar-refractivity contribution in [1.29, 1.82) is 0 Å². The molecule has 0 spiro atoms. The lowest BCUT2D eigenvalue weighted by Crippen LogP contribution is -2.47. The number of rotatable bonds is 8. The molecule has 12 heteroatoms. The number of methoxy groups -OCH3 is 1. The van der Waals surface area contributed by atoms with Crippen molar-refractivity contribution in [2.75, 3.05) is 25.6 Å². The van der Waals surface area contributed by atoms with Crippen LogP contribution in [-0.4, -0.2) is 58.2 Å². The number of carbonyl (C=O) groups excluding carboxylic acids is 1. The minimum atomic E-state index is -0.603. The van der Waals surface area contributed by atoms with Gasteiger partial charge in [-0.15, -0.1) is 0 Å². The minimum Gasteiger partial charge on any atom is -0.481 e. The Balaban J connectivity index is 1.43. The van der Waals surface area contributed by atoms with Crippen LogP contribution in [0.15, 0.2) is 65.6 Å². The Kier molecular flexibility index (Phi) is 9.43. The highest BCUT2D eigenvalue weighted by molar-refractivity contribution is 6.39. The van der Waals surface area contributed by atoms with Gasteiger partial charge in [0.2, 0.25) is 5.88 Å². The highest BCUT2D eigenvalue weighted by Crippen LogP contribution is 2.41. The third-order valence-corrected chi connectivity index (χ3v) is 8.22. The van der Waals surface area contributed by atoms with Crippen molar-refractivity contribution in [2.45, 2.75) is 31.5 Å². The second-order valence-electron chi connectivity index (χ2n) is 10.2. The Labute approximate surface area is 258 Å². The number of aromatic nitrogens is 3. The highest BCUT2D eigenvalue weighted by atomic mass is 35.5. The minimum absolute atomic E-state index is 0.0593. The molecule has 1 aliphatic rings. The number of aliphatic hydroxyl groups is 1. The van der Waals surface area contributed by atoms with E-state index in [9.17, 15) is 14.7 Å². The third kappa shape index (κ3) is 6.43. The van der Waals surface area contributed by atoms with Crippen molar-refractivity contribution in [1.82, 2.24) is 20.1 Å². The first-order chi connectivity index (χ1) is 20.7. The molecule has 4 aromatic rings. The van der Waals surface area contributed by atoms with Gasteiger partial charge in [-0.2, -0.15) is 5.10 Å². The number of anilines is 1. The maximum atomic E-state index is 12.9. The van der Waals surface area contributed by atoms with Gasteiger partial charge in [0.1, 0.15) is 5.56 Å². The zero-order chi connectivity index (χ0) is 30.7. The number of aryl methyl sites for hydroxylation is 1. The fourth-order valence-corrected chi connectivity index (χ4v) is 5.66. The van der Waals surface area contributed by atoms with E-state index in [0.717, 1.165) is 10.2 Å². The first-order valence-corrected chi connectivity index (χ1v) is 14.4. The summed E-state index contributed by atoms with van der Waals surface area (Å²) in [5, 5.41) is 21.0. The van der Waals surface area contributed by atoms with Crippen LogP contribution < -0.4 is 20.9 Å². The number of aliphatic hydroxyl groups excluding tert-OH is 1. The second-order valence-corrected chi connectivity index (χ2v) is 10.9. The number of nitrogens with one attached hydrogen (secondary N) is 2. The molecule has 2 aromatic carbocycles. The topological polar surface area (TPSA) is 128 Å². The summed E-state index contributed by atoms with van der Waals surface area (Å²) < 4.78 is 12.1. The van der Waals surface area contributed by atoms with Crippen LogP contribution in [0.5, 0.6) is 5.88 Å². The predicted octanol–water partition coefficient (Wildman–Crippen LogP) is 4.88. The molecule has 5 rings (SSSR count). The number of ether oxygens (including phenoxy) is 2. The van der Waals surface area contributed by atoms with Gasteiger partial charge in [-0.05, 0) is 37.6 Å². The smallest absolute Gasteiger partial charge is 0.279 e. The average Bonchev–Trinajstić information content (AvgIpc) is 3.00. The predicted molar refractivity (Wildman–Crippen MR) is 166 cm³/mol. The van der Waals surface area contributed by atoms with Crippen LogP contribution in [0, 0.1) is 0 Å². The summed E-state index contributed by atoms with van der Waals surface area (Å²) in [7, 11) is 3.03. The Morgan fingerprint density at radius 2 is 1.81 bits per heavy atom. The largest absolute Gasteiger partial charge is 0.481 e. The van der Waals surface area contributed by atoms with Crippen LogP contribution in [0.25, 0.3) is 22.4 Å². The van der Waals surface area contributed by atoms with E-state index in [1.54, 1.807) is 25.3 Å². The first kappa shape index (κ1) is 30.7. The standard InChI is InChI=1S/C31H31Cl2N5O5/c1-17(35-24-13-15-43-16-26(24)39)18-10-11-23(37-30(18)42-3)21-8-4-6-19(27(21)32)20-7-5-9-25(28(20)33)36-29(40)22-12-14-34-38(2)31(22)41/h4-12,14,17,24,26,35,39H,13,15-16H2,1-3H3,(H,36,40)/t17-,24?,26-/m0/s1. The van der Waals surface area contributed by atoms with E-state index in [1.807, 2.05) is 37.3 Å². The van der Waals surface area contributed by atoms with Crippen molar-refractivity contribution >= 4 is 34.8 Å². The van der Waals surface area contributed by atoms with Crippen molar-refractivity contribution in [3.63, 3.8) is 0 Å². The number of hydrogen-bond donors (Lipinski definition) is 3. The fraction of sp³-hybridized carbons (Fsp3) is 0.290. The van der Waals surface area contributed by atoms with Gasteiger partial charge in [-0.1, -0.05) is 53.5 Å². The van der Waals surface area contributed by atoms with Gasteiger partial charge in [0.15, 0.2) is 0 Å². The molecular weight excluding hydrogens is 593 g/mol. The van der Waals surface area contributed by atoms with Gasteiger partial charge < -0.3 is 25.2 Å². The van der Waals surface area contributed by atoms with Crippen molar-refractivity contribution in [2.24, 2.45) is 7.05 Å². The molecule has 1 unspecified atom stereocenters. The molecule has 3 heterocycles. The molecule has 1 fully saturated rings. The van der Waals surface area contributed by atoms with Crippen molar-refractivity contribution < 1.29 is 19.4 Å². The number of hydrogen-bond acceptors (Lipinski definition) is 8. The molecule has 1 aliphatic heterocycles. The lowest BCUT2D eigenvalue weighted by Gasteiger charge is -2.31. The second kappa shape index (κ2) is 13.2. The van der Waals surface area contributed by atoms with Gasteiger partial charge in [-0.3, -0.25) is 9.59 Å². The van der Waals surface area contributed by atoms with Crippen LogP contribution in [0.2, 0.25) is 10.0 Å². The number of carbonyl (C=O) groups is 1.